The van der Waals surface area contributed by atoms with Crippen LogP contribution in [-0.4, -0.2) is 27.4 Å². The first-order valence-electron chi connectivity index (χ1n) is 6.54. The molecule has 3 nitrogen and oxygen atoms in total. The van der Waals surface area contributed by atoms with E-state index in [0.717, 1.165) is 25.4 Å². The zero-order chi connectivity index (χ0) is 13.5. The van der Waals surface area contributed by atoms with E-state index in [0.29, 0.717) is 0 Å². The van der Waals surface area contributed by atoms with Gasteiger partial charge in [-0.05, 0) is 51.4 Å². The summed E-state index contributed by atoms with van der Waals surface area (Å²) in [6, 6.07) is 4.56. The summed E-state index contributed by atoms with van der Waals surface area (Å²) in [4.78, 5) is 0. The number of hydrogen-bond donors (Lipinski definition) is 1. The molecule has 0 saturated carbocycles. The molecular formula is C15H25NO2. The number of benzene rings is 1. The Morgan fingerprint density at radius 3 is 2.56 bits per heavy atom. The lowest BCUT2D eigenvalue weighted by Gasteiger charge is -2.22. The molecule has 1 unspecified atom stereocenters. The number of aryl methyl sites for hydroxylation is 2. The molecule has 0 saturated heterocycles. The molecule has 0 amide bonds. The van der Waals surface area contributed by atoms with Gasteiger partial charge in [0.25, 0.3) is 0 Å². The van der Waals surface area contributed by atoms with Crippen LogP contribution in [0.5, 0.6) is 5.75 Å². The Balaban J connectivity index is 2.96. The van der Waals surface area contributed by atoms with Gasteiger partial charge < -0.3 is 14.8 Å². The number of ether oxygens (including phenoxy) is 2. The third kappa shape index (κ3) is 3.72. The maximum atomic E-state index is 5.52. The third-order valence-electron chi connectivity index (χ3n) is 3.17. The van der Waals surface area contributed by atoms with Crippen LogP contribution >= 0.6 is 0 Å². The summed E-state index contributed by atoms with van der Waals surface area (Å²) in [6.45, 7) is 7.77. The van der Waals surface area contributed by atoms with E-state index in [2.05, 4.69) is 31.3 Å². The molecule has 1 aromatic carbocycles. The van der Waals surface area contributed by atoms with Crippen LogP contribution in [-0.2, 0) is 4.74 Å². The van der Waals surface area contributed by atoms with Crippen molar-refractivity contribution in [2.75, 3.05) is 27.4 Å². The molecule has 0 fully saturated rings. The number of nitrogens with one attached hydrogen (secondary N) is 1. The normalized spacial score (nSPS) is 12.5. The van der Waals surface area contributed by atoms with Gasteiger partial charge in [-0.1, -0.05) is 6.07 Å². The second-order valence-electron chi connectivity index (χ2n) is 4.52. The molecule has 18 heavy (non-hydrogen) atoms. The smallest absolute Gasteiger partial charge is 0.124 e. The van der Waals surface area contributed by atoms with Crippen LogP contribution in [0.4, 0.5) is 0 Å². The van der Waals surface area contributed by atoms with E-state index >= 15 is 0 Å². The molecule has 1 aromatic rings. The van der Waals surface area contributed by atoms with Crippen molar-refractivity contribution in [2.45, 2.75) is 33.2 Å². The number of methoxy groups -OCH3 is 1. The van der Waals surface area contributed by atoms with Crippen LogP contribution in [0.25, 0.3) is 0 Å². The summed E-state index contributed by atoms with van der Waals surface area (Å²) in [6.07, 6.45) is 0.949. The molecule has 0 aromatic heterocycles. The van der Waals surface area contributed by atoms with E-state index in [1.165, 1.54) is 16.7 Å². The second-order valence-corrected chi connectivity index (χ2v) is 4.52. The topological polar surface area (TPSA) is 30.5 Å². The quantitative estimate of drug-likeness (QED) is 0.756. The summed E-state index contributed by atoms with van der Waals surface area (Å²) in [5.41, 5.74) is 3.74. The highest BCUT2D eigenvalue weighted by Crippen LogP contribution is 2.31. The monoisotopic (exact) mass is 251 g/mol. The standard InChI is InChI=1S/C15H25NO2/c1-6-18-8-7-13(16-4)15-12(3)9-11(2)10-14(15)17-5/h9-10,13,16H,6-8H2,1-5H3. The molecule has 0 bridgehead atoms. The van der Waals surface area contributed by atoms with Crippen molar-refractivity contribution in [3.05, 3.63) is 28.8 Å². The summed E-state index contributed by atoms with van der Waals surface area (Å²) in [7, 11) is 3.71. The van der Waals surface area contributed by atoms with Gasteiger partial charge in [-0.3, -0.25) is 0 Å². The lowest BCUT2D eigenvalue weighted by Crippen LogP contribution is -2.20. The minimum Gasteiger partial charge on any atom is -0.496 e. The van der Waals surface area contributed by atoms with Gasteiger partial charge in [-0.2, -0.15) is 0 Å². The van der Waals surface area contributed by atoms with E-state index < -0.39 is 0 Å². The fourth-order valence-electron chi connectivity index (χ4n) is 2.33. The first-order chi connectivity index (χ1) is 8.63. The van der Waals surface area contributed by atoms with Crippen LogP contribution in [0.1, 0.15) is 36.1 Å². The Morgan fingerprint density at radius 2 is 2.00 bits per heavy atom. The second kappa shape index (κ2) is 7.39. The zero-order valence-electron chi connectivity index (χ0n) is 12.2. The maximum absolute atomic E-state index is 5.52. The van der Waals surface area contributed by atoms with Crippen molar-refractivity contribution in [1.82, 2.24) is 5.32 Å². The van der Waals surface area contributed by atoms with E-state index in [1.807, 2.05) is 14.0 Å². The fourth-order valence-corrected chi connectivity index (χ4v) is 2.33. The van der Waals surface area contributed by atoms with E-state index in [-0.39, 0.29) is 6.04 Å². The molecule has 0 aliphatic rings. The molecule has 0 aliphatic carbocycles. The Labute approximate surface area is 110 Å². The molecule has 0 radical (unpaired) electrons. The van der Waals surface area contributed by atoms with Gasteiger partial charge in [0.2, 0.25) is 0 Å². The van der Waals surface area contributed by atoms with Crippen molar-refractivity contribution < 1.29 is 9.47 Å². The van der Waals surface area contributed by atoms with E-state index in [4.69, 9.17) is 9.47 Å². The molecule has 0 heterocycles. The average molecular weight is 251 g/mol. The van der Waals surface area contributed by atoms with Crippen LogP contribution in [0.3, 0.4) is 0 Å². The summed E-state index contributed by atoms with van der Waals surface area (Å²) < 4.78 is 11.0. The minimum absolute atomic E-state index is 0.270. The van der Waals surface area contributed by atoms with Gasteiger partial charge in [0.1, 0.15) is 5.75 Å². The minimum atomic E-state index is 0.270. The summed E-state index contributed by atoms with van der Waals surface area (Å²) >= 11 is 0. The lowest BCUT2D eigenvalue weighted by atomic mass is 9.96. The highest BCUT2D eigenvalue weighted by Gasteiger charge is 2.17. The van der Waals surface area contributed by atoms with Gasteiger partial charge >= 0.3 is 0 Å². The molecule has 1 rings (SSSR count). The maximum Gasteiger partial charge on any atom is 0.124 e. The zero-order valence-corrected chi connectivity index (χ0v) is 12.2. The van der Waals surface area contributed by atoms with Crippen molar-refractivity contribution >= 4 is 0 Å². The van der Waals surface area contributed by atoms with Gasteiger partial charge in [0.15, 0.2) is 0 Å². The van der Waals surface area contributed by atoms with Gasteiger partial charge in [-0.15, -0.1) is 0 Å². The van der Waals surface area contributed by atoms with Crippen LogP contribution in [0, 0.1) is 13.8 Å². The Bertz CT molecular complexity index is 377. The average Bonchev–Trinajstić information content (AvgIpc) is 2.35. The molecule has 0 spiro atoms. The predicted molar refractivity (Wildman–Crippen MR) is 75.4 cm³/mol. The van der Waals surface area contributed by atoms with Gasteiger partial charge in [0.05, 0.1) is 7.11 Å². The summed E-state index contributed by atoms with van der Waals surface area (Å²) in [5, 5.41) is 3.35. The van der Waals surface area contributed by atoms with Crippen molar-refractivity contribution in [3.63, 3.8) is 0 Å². The first-order valence-corrected chi connectivity index (χ1v) is 6.54. The molecule has 102 valence electrons. The highest BCUT2D eigenvalue weighted by atomic mass is 16.5. The van der Waals surface area contributed by atoms with E-state index in [9.17, 15) is 0 Å². The Morgan fingerprint density at radius 1 is 1.28 bits per heavy atom. The fraction of sp³-hybridized carbons (Fsp3) is 0.600. The number of hydrogen-bond acceptors (Lipinski definition) is 3. The van der Waals surface area contributed by atoms with Crippen molar-refractivity contribution in [3.8, 4) is 5.75 Å². The van der Waals surface area contributed by atoms with Crippen LogP contribution < -0.4 is 10.1 Å². The lowest BCUT2D eigenvalue weighted by molar-refractivity contribution is 0.137. The Kier molecular flexibility index (Phi) is 6.16. The van der Waals surface area contributed by atoms with Gasteiger partial charge in [0, 0.05) is 24.8 Å². The molecule has 0 aliphatic heterocycles. The molecule has 1 atom stereocenters. The summed E-state index contributed by atoms with van der Waals surface area (Å²) in [5.74, 6) is 0.961. The van der Waals surface area contributed by atoms with Crippen LogP contribution in [0.2, 0.25) is 0 Å². The van der Waals surface area contributed by atoms with Crippen LogP contribution in [0.15, 0.2) is 12.1 Å². The highest BCUT2D eigenvalue weighted by molar-refractivity contribution is 5.45. The van der Waals surface area contributed by atoms with Gasteiger partial charge in [-0.25, -0.2) is 0 Å². The Hall–Kier alpha value is -1.06. The third-order valence-corrected chi connectivity index (χ3v) is 3.17. The number of rotatable bonds is 7. The first kappa shape index (κ1) is 15.0. The molecular weight excluding hydrogens is 226 g/mol. The largest absolute Gasteiger partial charge is 0.496 e. The molecule has 3 heteroatoms. The SMILES string of the molecule is CCOCCC(NC)c1c(C)cc(C)cc1OC. The predicted octanol–water partition coefficient (Wildman–Crippen LogP) is 3.00. The van der Waals surface area contributed by atoms with Crippen molar-refractivity contribution in [1.29, 1.82) is 0 Å². The molecule has 1 N–H and O–H groups in total. The van der Waals surface area contributed by atoms with Crippen molar-refractivity contribution in [2.24, 2.45) is 0 Å². The van der Waals surface area contributed by atoms with E-state index in [1.54, 1.807) is 7.11 Å².